The second kappa shape index (κ2) is 7.27. The second-order valence-electron chi connectivity index (χ2n) is 5.25. The number of hydrogen-bond donors (Lipinski definition) is 2. The first-order chi connectivity index (χ1) is 11.7. The van der Waals surface area contributed by atoms with Gasteiger partial charge in [0.15, 0.2) is 5.82 Å². The molecule has 0 aliphatic rings. The van der Waals surface area contributed by atoms with E-state index in [1.807, 2.05) is 6.07 Å². The van der Waals surface area contributed by atoms with Crippen molar-refractivity contribution in [2.45, 2.75) is 18.9 Å². The molecule has 5 nitrogen and oxygen atoms in total. The molecule has 0 radical (unpaired) electrons. The van der Waals surface area contributed by atoms with Crippen LogP contribution in [0, 0.1) is 0 Å². The van der Waals surface area contributed by atoms with Crippen molar-refractivity contribution in [3.05, 3.63) is 48.8 Å². The Bertz CT molecular complexity index is 814. The zero-order valence-electron chi connectivity index (χ0n) is 12.7. The number of benzene rings is 1. The van der Waals surface area contributed by atoms with E-state index in [0.717, 1.165) is 0 Å². The largest absolute Gasteiger partial charge is 0.396 e. The predicted octanol–water partition coefficient (Wildman–Crippen LogP) is 3.12. The lowest BCUT2D eigenvalue weighted by Gasteiger charge is -2.19. The predicted molar refractivity (Wildman–Crippen MR) is 87.9 cm³/mol. The van der Waals surface area contributed by atoms with Gasteiger partial charge in [-0.1, -0.05) is 12.1 Å². The van der Waals surface area contributed by atoms with Crippen LogP contribution in [0.2, 0.25) is 0 Å². The van der Waals surface area contributed by atoms with Gasteiger partial charge in [0.25, 0.3) is 6.43 Å². The van der Waals surface area contributed by atoms with Gasteiger partial charge in [0.1, 0.15) is 5.82 Å². The zero-order chi connectivity index (χ0) is 16.9. The molecule has 2 N–H and O–H groups in total. The summed E-state index contributed by atoms with van der Waals surface area (Å²) >= 11 is 0. The third-order valence-corrected chi connectivity index (χ3v) is 3.59. The molecule has 1 unspecified atom stereocenters. The average molecular weight is 330 g/mol. The molecular formula is C17H16F2N4O. The van der Waals surface area contributed by atoms with Crippen LogP contribution in [0.15, 0.2) is 48.8 Å². The molecule has 3 aromatic rings. The summed E-state index contributed by atoms with van der Waals surface area (Å²) in [5.74, 6) is 0.722. The maximum atomic E-state index is 13.2. The molecule has 0 aliphatic heterocycles. The Morgan fingerprint density at radius 2 is 1.92 bits per heavy atom. The van der Waals surface area contributed by atoms with Gasteiger partial charge in [-0.3, -0.25) is 4.98 Å². The Morgan fingerprint density at radius 3 is 2.62 bits per heavy atom. The highest BCUT2D eigenvalue weighted by Crippen LogP contribution is 2.26. The van der Waals surface area contributed by atoms with Gasteiger partial charge >= 0.3 is 0 Å². The minimum absolute atomic E-state index is 0.0712. The second-order valence-corrected chi connectivity index (χ2v) is 5.25. The Hall–Kier alpha value is -2.67. The van der Waals surface area contributed by atoms with Crippen LogP contribution >= 0.6 is 0 Å². The SMILES string of the molecule is OCCC(Nc1nc(-c2cccnc2)nc2ccccc12)C(F)F. The Labute approximate surface area is 137 Å². The van der Waals surface area contributed by atoms with Crippen LogP contribution in [0.1, 0.15) is 6.42 Å². The quantitative estimate of drug-likeness (QED) is 0.727. The van der Waals surface area contributed by atoms with E-state index in [2.05, 4.69) is 20.3 Å². The van der Waals surface area contributed by atoms with Crippen molar-refractivity contribution in [2.75, 3.05) is 11.9 Å². The van der Waals surface area contributed by atoms with Crippen LogP contribution in [0.5, 0.6) is 0 Å². The van der Waals surface area contributed by atoms with E-state index in [0.29, 0.717) is 28.1 Å². The van der Waals surface area contributed by atoms with Crippen molar-refractivity contribution >= 4 is 16.7 Å². The summed E-state index contributed by atoms with van der Waals surface area (Å²) in [6, 6.07) is 9.56. The number of fused-ring (bicyclic) bond motifs is 1. The van der Waals surface area contributed by atoms with Gasteiger partial charge in [0, 0.05) is 30.0 Å². The molecule has 2 heterocycles. The number of anilines is 1. The number of hydrogen-bond acceptors (Lipinski definition) is 5. The van der Waals surface area contributed by atoms with E-state index in [1.165, 1.54) is 0 Å². The van der Waals surface area contributed by atoms with Gasteiger partial charge in [-0.05, 0) is 30.7 Å². The van der Waals surface area contributed by atoms with Crippen LogP contribution in [0.4, 0.5) is 14.6 Å². The maximum absolute atomic E-state index is 13.2. The number of para-hydroxylation sites is 1. The smallest absolute Gasteiger partial charge is 0.258 e. The van der Waals surface area contributed by atoms with Crippen LogP contribution in [-0.2, 0) is 0 Å². The van der Waals surface area contributed by atoms with Gasteiger partial charge in [-0.25, -0.2) is 18.7 Å². The molecule has 7 heteroatoms. The number of aliphatic hydroxyl groups excluding tert-OH is 1. The number of aliphatic hydroxyl groups is 1. The Kier molecular flexibility index (Phi) is 4.90. The minimum atomic E-state index is -2.62. The van der Waals surface area contributed by atoms with E-state index in [-0.39, 0.29) is 13.0 Å². The molecule has 3 rings (SSSR count). The molecule has 0 spiro atoms. The summed E-state index contributed by atoms with van der Waals surface area (Å²) in [6.45, 7) is -0.333. The van der Waals surface area contributed by atoms with Crippen molar-refractivity contribution in [3.8, 4) is 11.4 Å². The highest BCUT2D eigenvalue weighted by Gasteiger charge is 2.21. The van der Waals surface area contributed by atoms with Crippen LogP contribution in [0.25, 0.3) is 22.3 Å². The summed E-state index contributed by atoms with van der Waals surface area (Å²) < 4.78 is 26.3. The Morgan fingerprint density at radius 1 is 1.08 bits per heavy atom. The summed E-state index contributed by atoms with van der Waals surface area (Å²) in [5.41, 5.74) is 1.34. The topological polar surface area (TPSA) is 70.9 Å². The van der Waals surface area contributed by atoms with Gasteiger partial charge in [-0.2, -0.15) is 0 Å². The summed E-state index contributed by atoms with van der Waals surface area (Å²) in [6.07, 6.45) is 0.565. The van der Waals surface area contributed by atoms with E-state index < -0.39 is 12.5 Å². The fraction of sp³-hybridized carbons (Fsp3) is 0.235. The fourth-order valence-electron chi connectivity index (χ4n) is 2.39. The van der Waals surface area contributed by atoms with Gasteiger partial charge < -0.3 is 10.4 Å². The van der Waals surface area contributed by atoms with Crippen LogP contribution in [0.3, 0.4) is 0 Å². The van der Waals surface area contributed by atoms with Crippen molar-refractivity contribution < 1.29 is 13.9 Å². The van der Waals surface area contributed by atoms with Crippen LogP contribution in [-0.4, -0.2) is 39.1 Å². The lowest BCUT2D eigenvalue weighted by atomic mass is 10.1. The lowest BCUT2D eigenvalue weighted by Crippen LogP contribution is -2.29. The van der Waals surface area contributed by atoms with Crippen molar-refractivity contribution in [1.82, 2.24) is 15.0 Å². The molecule has 24 heavy (non-hydrogen) atoms. The monoisotopic (exact) mass is 330 g/mol. The number of alkyl halides is 2. The summed E-state index contributed by atoms with van der Waals surface area (Å²) in [7, 11) is 0. The van der Waals surface area contributed by atoms with Crippen molar-refractivity contribution in [2.24, 2.45) is 0 Å². The number of aromatic nitrogens is 3. The van der Waals surface area contributed by atoms with E-state index >= 15 is 0 Å². The molecule has 0 saturated heterocycles. The summed E-state index contributed by atoms with van der Waals surface area (Å²) in [4.78, 5) is 12.9. The number of pyridine rings is 1. The normalized spacial score (nSPS) is 12.5. The number of halogens is 2. The minimum Gasteiger partial charge on any atom is -0.396 e. The third-order valence-electron chi connectivity index (χ3n) is 3.59. The van der Waals surface area contributed by atoms with Gasteiger partial charge in [-0.15, -0.1) is 0 Å². The highest BCUT2D eigenvalue weighted by atomic mass is 19.3. The molecule has 2 aromatic heterocycles. The van der Waals surface area contributed by atoms with Crippen molar-refractivity contribution in [3.63, 3.8) is 0 Å². The third kappa shape index (κ3) is 3.46. The van der Waals surface area contributed by atoms with E-state index in [1.54, 1.807) is 42.7 Å². The number of nitrogens with zero attached hydrogens (tertiary/aromatic N) is 3. The fourth-order valence-corrected chi connectivity index (χ4v) is 2.39. The molecule has 124 valence electrons. The number of rotatable bonds is 6. The van der Waals surface area contributed by atoms with E-state index in [4.69, 9.17) is 5.11 Å². The zero-order valence-corrected chi connectivity index (χ0v) is 12.7. The lowest BCUT2D eigenvalue weighted by molar-refractivity contribution is 0.109. The maximum Gasteiger partial charge on any atom is 0.258 e. The molecule has 0 saturated carbocycles. The molecule has 0 amide bonds. The molecule has 0 aliphatic carbocycles. The standard InChI is InChI=1S/C17H16F2N4O/c18-15(19)14(7-9-24)22-17-12-5-1-2-6-13(12)21-16(23-17)11-4-3-8-20-10-11/h1-6,8,10,14-15,24H,7,9H2,(H,21,22,23). The molecule has 1 atom stereocenters. The van der Waals surface area contributed by atoms with E-state index in [9.17, 15) is 8.78 Å². The first-order valence-electron chi connectivity index (χ1n) is 7.52. The highest BCUT2D eigenvalue weighted by molar-refractivity contribution is 5.90. The summed E-state index contributed by atoms with van der Waals surface area (Å²) in [5, 5.41) is 12.4. The first kappa shape index (κ1) is 16.2. The first-order valence-corrected chi connectivity index (χ1v) is 7.52. The van der Waals surface area contributed by atoms with Gasteiger partial charge in [0.05, 0.1) is 11.6 Å². The van der Waals surface area contributed by atoms with Crippen molar-refractivity contribution in [1.29, 1.82) is 0 Å². The number of nitrogens with one attached hydrogen (secondary N) is 1. The van der Waals surface area contributed by atoms with Crippen LogP contribution < -0.4 is 5.32 Å². The molecule has 1 aromatic carbocycles. The average Bonchev–Trinajstić information content (AvgIpc) is 2.61. The molecule has 0 fully saturated rings. The van der Waals surface area contributed by atoms with Gasteiger partial charge in [0.2, 0.25) is 0 Å². The molecular weight excluding hydrogens is 314 g/mol. The molecule has 0 bridgehead atoms. The Balaban J connectivity index is 2.08.